The number of hydrogen-bond donors (Lipinski definition) is 3. The van der Waals surface area contributed by atoms with Crippen molar-refractivity contribution in [2.45, 2.75) is 25.7 Å². The Morgan fingerprint density at radius 2 is 1.12 bits per heavy atom. The zero-order valence-corrected chi connectivity index (χ0v) is 11.8. The highest BCUT2D eigenvalue weighted by molar-refractivity contribution is 4.44. The zero-order chi connectivity index (χ0) is 11.6. The van der Waals surface area contributed by atoms with Crippen molar-refractivity contribution < 1.29 is 36.8 Å². The molecule has 0 heterocycles. The molecule has 0 unspecified atom stereocenters. The normalized spacial score (nSPS) is 11.2. The van der Waals surface area contributed by atoms with Crippen molar-refractivity contribution in [3.05, 3.63) is 0 Å². The summed E-state index contributed by atoms with van der Waals surface area (Å²) in [6, 6.07) is 0. The fraction of sp³-hybridized carbons (Fsp3) is 1.00. The van der Waals surface area contributed by atoms with Crippen LogP contribution in [0.2, 0.25) is 0 Å². The van der Waals surface area contributed by atoms with Gasteiger partial charge in [0.1, 0.15) is 6.54 Å². The fourth-order valence-electron chi connectivity index (χ4n) is 1.79. The Balaban J connectivity index is 0. The number of nitrogens with zero attached hydrogens (tertiary/aromatic N) is 1. The minimum Gasteiger partial charge on any atom is -1.00 e. The average molecular weight is 300 g/mol. The average Bonchev–Trinajstić information content (AvgIpc) is 2.19. The van der Waals surface area contributed by atoms with E-state index in [1.54, 1.807) is 0 Å². The van der Waals surface area contributed by atoms with Crippen LogP contribution in [0.1, 0.15) is 25.7 Å². The minimum absolute atomic E-state index is 0. The molecule has 0 bridgehead atoms. The number of aliphatic hydroxyl groups excluding tert-OH is 3. The van der Waals surface area contributed by atoms with Crippen LogP contribution in [-0.4, -0.2) is 66.3 Å². The van der Waals surface area contributed by atoms with E-state index in [4.69, 9.17) is 15.3 Å². The number of hydrogen-bond acceptors (Lipinski definition) is 3. The third-order valence-corrected chi connectivity index (χ3v) is 2.85. The number of quaternary nitrogens is 1. The topological polar surface area (TPSA) is 60.7 Å². The van der Waals surface area contributed by atoms with E-state index in [9.17, 15) is 0 Å². The van der Waals surface area contributed by atoms with Crippen LogP contribution in [0.25, 0.3) is 0 Å². The summed E-state index contributed by atoms with van der Waals surface area (Å²) in [6.07, 6.45) is 3.65. The predicted molar refractivity (Wildman–Crippen MR) is 60.5 cm³/mol. The van der Waals surface area contributed by atoms with E-state index in [2.05, 4.69) is 7.05 Å². The standard InChI is InChI=1S/C11H26NO3.BrH/c1-12(8-11-15,6-2-4-9-13)7-3-5-10-14;/h13-15H,2-11H2,1H3;1H/q+1;/p-1. The molecular formula is C11H26BrNO3. The minimum atomic E-state index is 0. The highest BCUT2D eigenvalue weighted by Gasteiger charge is 2.19. The summed E-state index contributed by atoms with van der Waals surface area (Å²) in [5.41, 5.74) is 0. The van der Waals surface area contributed by atoms with E-state index in [1.165, 1.54) is 0 Å². The van der Waals surface area contributed by atoms with Crippen molar-refractivity contribution in [3.63, 3.8) is 0 Å². The highest BCUT2D eigenvalue weighted by Crippen LogP contribution is 2.08. The molecule has 16 heavy (non-hydrogen) atoms. The van der Waals surface area contributed by atoms with Gasteiger partial charge in [0.05, 0.1) is 26.7 Å². The molecule has 4 nitrogen and oxygen atoms in total. The van der Waals surface area contributed by atoms with Gasteiger partial charge in [-0.25, -0.2) is 0 Å². The van der Waals surface area contributed by atoms with Gasteiger partial charge in [-0.05, 0) is 25.7 Å². The number of halogens is 1. The molecule has 100 valence electrons. The van der Waals surface area contributed by atoms with Gasteiger partial charge < -0.3 is 36.8 Å². The van der Waals surface area contributed by atoms with Crippen LogP contribution in [0.15, 0.2) is 0 Å². The van der Waals surface area contributed by atoms with Crippen LogP contribution in [-0.2, 0) is 0 Å². The van der Waals surface area contributed by atoms with Crippen LogP contribution < -0.4 is 17.0 Å². The summed E-state index contributed by atoms with van der Waals surface area (Å²) in [6.45, 7) is 3.44. The Kier molecular flexibility index (Phi) is 13.8. The van der Waals surface area contributed by atoms with Crippen molar-refractivity contribution in [1.82, 2.24) is 0 Å². The lowest BCUT2D eigenvalue weighted by molar-refractivity contribution is -0.910. The maximum absolute atomic E-state index is 9.00. The first-order valence-corrected chi connectivity index (χ1v) is 5.84. The molecular weight excluding hydrogens is 274 g/mol. The van der Waals surface area contributed by atoms with E-state index in [0.717, 1.165) is 49.8 Å². The first-order chi connectivity index (χ1) is 7.18. The molecule has 0 amide bonds. The Morgan fingerprint density at radius 1 is 0.688 bits per heavy atom. The second-order valence-corrected chi connectivity index (χ2v) is 4.38. The van der Waals surface area contributed by atoms with Gasteiger partial charge in [0.25, 0.3) is 0 Å². The number of aliphatic hydroxyl groups is 3. The lowest BCUT2D eigenvalue weighted by Crippen LogP contribution is -3.00. The SMILES string of the molecule is C[N+](CCO)(CCCCO)CCCCO.[Br-]. The van der Waals surface area contributed by atoms with E-state index < -0.39 is 0 Å². The molecule has 0 aliphatic rings. The van der Waals surface area contributed by atoms with Gasteiger partial charge in [-0.1, -0.05) is 0 Å². The summed E-state index contributed by atoms with van der Waals surface area (Å²) >= 11 is 0. The smallest absolute Gasteiger partial charge is 0.102 e. The second kappa shape index (κ2) is 11.8. The van der Waals surface area contributed by atoms with E-state index in [0.29, 0.717) is 0 Å². The van der Waals surface area contributed by atoms with Gasteiger partial charge >= 0.3 is 0 Å². The van der Waals surface area contributed by atoms with Crippen LogP contribution in [0.5, 0.6) is 0 Å². The van der Waals surface area contributed by atoms with Gasteiger partial charge in [-0.3, -0.25) is 0 Å². The highest BCUT2D eigenvalue weighted by atomic mass is 79.9. The van der Waals surface area contributed by atoms with E-state index in [-0.39, 0.29) is 36.8 Å². The Bertz CT molecular complexity index is 137. The first-order valence-electron chi connectivity index (χ1n) is 5.84. The molecule has 0 spiro atoms. The Hall–Kier alpha value is 0.320. The third-order valence-electron chi connectivity index (χ3n) is 2.85. The Labute approximate surface area is 109 Å². The molecule has 0 aromatic carbocycles. The largest absolute Gasteiger partial charge is 1.00 e. The fourth-order valence-corrected chi connectivity index (χ4v) is 1.79. The molecule has 0 aromatic heterocycles. The molecule has 0 aliphatic heterocycles. The van der Waals surface area contributed by atoms with Gasteiger partial charge in [0.2, 0.25) is 0 Å². The summed E-state index contributed by atoms with van der Waals surface area (Å²) in [4.78, 5) is 0. The number of rotatable bonds is 10. The lowest BCUT2D eigenvalue weighted by Gasteiger charge is -2.34. The molecule has 0 aliphatic carbocycles. The quantitative estimate of drug-likeness (QED) is 0.297. The maximum atomic E-state index is 9.00. The van der Waals surface area contributed by atoms with Gasteiger partial charge in [-0.2, -0.15) is 0 Å². The molecule has 0 saturated carbocycles. The summed E-state index contributed by atoms with van der Waals surface area (Å²) in [5, 5.41) is 26.4. The van der Waals surface area contributed by atoms with Crippen molar-refractivity contribution in [3.8, 4) is 0 Å². The predicted octanol–water partition coefficient (Wildman–Crippen LogP) is -3.03. The molecule has 0 radical (unpaired) electrons. The molecule has 0 fully saturated rings. The van der Waals surface area contributed by atoms with Crippen molar-refractivity contribution in [2.24, 2.45) is 0 Å². The van der Waals surface area contributed by atoms with Gasteiger partial charge in [0.15, 0.2) is 0 Å². The molecule has 0 atom stereocenters. The third kappa shape index (κ3) is 9.54. The molecule has 5 heteroatoms. The van der Waals surface area contributed by atoms with Gasteiger partial charge in [0, 0.05) is 13.2 Å². The zero-order valence-electron chi connectivity index (χ0n) is 10.2. The number of unbranched alkanes of at least 4 members (excludes halogenated alkanes) is 2. The Morgan fingerprint density at radius 3 is 1.44 bits per heavy atom. The monoisotopic (exact) mass is 299 g/mol. The summed E-state index contributed by atoms with van der Waals surface area (Å²) in [7, 11) is 2.13. The van der Waals surface area contributed by atoms with E-state index >= 15 is 0 Å². The molecule has 0 rings (SSSR count). The summed E-state index contributed by atoms with van der Waals surface area (Å²) in [5.74, 6) is 0. The van der Waals surface area contributed by atoms with Crippen LogP contribution in [0.4, 0.5) is 0 Å². The van der Waals surface area contributed by atoms with Crippen molar-refractivity contribution >= 4 is 0 Å². The molecule has 3 N–H and O–H groups in total. The summed E-state index contributed by atoms with van der Waals surface area (Å²) < 4.78 is 0.844. The lowest BCUT2D eigenvalue weighted by atomic mass is 10.2. The van der Waals surface area contributed by atoms with Crippen LogP contribution in [0, 0.1) is 0 Å². The second-order valence-electron chi connectivity index (χ2n) is 4.38. The van der Waals surface area contributed by atoms with Crippen LogP contribution in [0.3, 0.4) is 0 Å². The van der Waals surface area contributed by atoms with Gasteiger partial charge in [-0.15, -0.1) is 0 Å². The first kappa shape index (κ1) is 18.7. The maximum Gasteiger partial charge on any atom is 0.102 e. The van der Waals surface area contributed by atoms with Crippen molar-refractivity contribution in [2.75, 3.05) is 46.5 Å². The molecule has 0 aromatic rings. The molecule has 0 saturated heterocycles. The number of likely N-dealkylation sites (N-methyl/N-ethyl adjacent to an activating group) is 1. The van der Waals surface area contributed by atoms with E-state index in [1.807, 2.05) is 0 Å². The van der Waals surface area contributed by atoms with Crippen molar-refractivity contribution in [1.29, 1.82) is 0 Å². The van der Waals surface area contributed by atoms with Crippen LogP contribution >= 0.6 is 0 Å².